The second-order valence-electron chi connectivity index (χ2n) is 5.26. The largest absolute Gasteiger partial charge is 0.445 e. The summed E-state index contributed by atoms with van der Waals surface area (Å²) in [6.45, 7) is 9.65. The lowest BCUT2D eigenvalue weighted by Gasteiger charge is -2.27. The number of carbonyl (C=O) groups is 2. The topological polar surface area (TPSA) is 88.1 Å². The molecule has 0 aromatic heterocycles. The summed E-state index contributed by atoms with van der Waals surface area (Å²) in [6.07, 6.45) is 1.57. The van der Waals surface area contributed by atoms with Crippen molar-refractivity contribution in [1.82, 2.24) is 10.2 Å². The molecule has 2 amide bonds. The van der Waals surface area contributed by atoms with Crippen LogP contribution >= 0.6 is 0 Å². The SMILES string of the molecule is C=CCOC(=O)NCC(O)C1CC(C)CN1C(=O)OCC=C. The molecule has 7 heteroatoms. The van der Waals surface area contributed by atoms with E-state index in [0.29, 0.717) is 13.0 Å². The minimum Gasteiger partial charge on any atom is -0.445 e. The molecule has 1 aliphatic rings. The normalized spacial score (nSPS) is 21.8. The first-order valence-electron chi connectivity index (χ1n) is 7.23. The summed E-state index contributed by atoms with van der Waals surface area (Å²) in [5.41, 5.74) is 0. The van der Waals surface area contributed by atoms with Crippen LogP contribution in [0.25, 0.3) is 0 Å². The van der Waals surface area contributed by atoms with E-state index < -0.39 is 24.3 Å². The van der Waals surface area contributed by atoms with Crippen molar-refractivity contribution in [2.45, 2.75) is 25.5 Å². The van der Waals surface area contributed by atoms with E-state index in [0.717, 1.165) is 0 Å². The molecule has 1 heterocycles. The van der Waals surface area contributed by atoms with Crippen LogP contribution in [0, 0.1) is 5.92 Å². The second-order valence-corrected chi connectivity index (χ2v) is 5.26. The summed E-state index contributed by atoms with van der Waals surface area (Å²) in [5, 5.41) is 12.7. The molecule has 124 valence electrons. The summed E-state index contributed by atoms with van der Waals surface area (Å²) >= 11 is 0. The summed E-state index contributed by atoms with van der Waals surface area (Å²) in [7, 11) is 0. The Kier molecular flexibility index (Phi) is 7.45. The number of aliphatic hydroxyl groups is 1. The first-order chi connectivity index (χ1) is 10.5. The summed E-state index contributed by atoms with van der Waals surface area (Å²) < 4.78 is 9.77. The molecule has 1 saturated heterocycles. The van der Waals surface area contributed by atoms with Crippen LogP contribution in [0.15, 0.2) is 25.3 Å². The molecule has 0 saturated carbocycles. The number of nitrogens with one attached hydrogen (secondary N) is 1. The highest BCUT2D eigenvalue weighted by Gasteiger charge is 2.38. The number of alkyl carbamates (subject to hydrolysis) is 1. The molecule has 1 rings (SSSR count). The maximum Gasteiger partial charge on any atom is 0.410 e. The van der Waals surface area contributed by atoms with Crippen molar-refractivity contribution in [2.75, 3.05) is 26.3 Å². The third-order valence-electron chi connectivity index (χ3n) is 3.34. The van der Waals surface area contributed by atoms with E-state index in [-0.39, 0.29) is 25.7 Å². The number of carbonyl (C=O) groups excluding carboxylic acids is 2. The van der Waals surface area contributed by atoms with Gasteiger partial charge in [0.2, 0.25) is 0 Å². The Morgan fingerprint density at radius 2 is 2.00 bits per heavy atom. The van der Waals surface area contributed by atoms with Crippen molar-refractivity contribution < 1.29 is 24.2 Å². The Balaban J connectivity index is 2.51. The number of aliphatic hydroxyl groups excluding tert-OH is 1. The molecule has 22 heavy (non-hydrogen) atoms. The fourth-order valence-electron chi connectivity index (χ4n) is 2.38. The van der Waals surface area contributed by atoms with E-state index in [9.17, 15) is 14.7 Å². The van der Waals surface area contributed by atoms with Gasteiger partial charge in [0, 0.05) is 13.1 Å². The van der Waals surface area contributed by atoms with E-state index in [1.54, 1.807) is 0 Å². The van der Waals surface area contributed by atoms with Gasteiger partial charge >= 0.3 is 12.2 Å². The second kappa shape index (κ2) is 9.09. The average Bonchev–Trinajstić information content (AvgIpc) is 2.90. The molecule has 0 aromatic rings. The Labute approximate surface area is 130 Å². The van der Waals surface area contributed by atoms with E-state index in [1.807, 2.05) is 6.92 Å². The molecule has 2 N–H and O–H groups in total. The monoisotopic (exact) mass is 312 g/mol. The lowest BCUT2D eigenvalue weighted by molar-refractivity contribution is 0.0546. The van der Waals surface area contributed by atoms with Crippen LogP contribution in [0.2, 0.25) is 0 Å². The van der Waals surface area contributed by atoms with Crippen molar-refractivity contribution in [1.29, 1.82) is 0 Å². The first-order valence-corrected chi connectivity index (χ1v) is 7.23. The number of amides is 2. The van der Waals surface area contributed by atoms with Crippen LogP contribution in [0.3, 0.4) is 0 Å². The quantitative estimate of drug-likeness (QED) is 0.692. The van der Waals surface area contributed by atoms with Crippen molar-refractivity contribution in [3.05, 3.63) is 25.3 Å². The number of rotatable bonds is 7. The standard InChI is InChI=1S/C15H24N2O5/c1-4-6-21-14(19)16-9-13(18)12-8-11(3)10-17(12)15(20)22-7-5-2/h4-5,11-13,18H,1-2,6-10H2,3H3,(H,16,19). The van der Waals surface area contributed by atoms with Crippen LogP contribution in [0.1, 0.15) is 13.3 Å². The number of ether oxygens (including phenoxy) is 2. The summed E-state index contributed by atoms with van der Waals surface area (Å²) in [5.74, 6) is 0.253. The van der Waals surface area contributed by atoms with Crippen molar-refractivity contribution in [2.24, 2.45) is 5.92 Å². The molecule has 0 aromatic carbocycles. The molecule has 0 aliphatic carbocycles. The lowest BCUT2D eigenvalue weighted by atomic mass is 10.0. The Hall–Kier alpha value is -2.02. The molecule has 1 fully saturated rings. The van der Waals surface area contributed by atoms with Gasteiger partial charge in [0.15, 0.2) is 0 Å². The highest BCUT2D eigenvalue weighted by molar-refractivity contribution is 5.69. The number of hydrogen-bond donors (Lipinski definition) is 2. The van der Waals surface area contributed by atoms with Gasteiger partial charge in [0.1, 0.15) is 13.2 Å². The van der Waals surface area contributed by atoms with Crippen LogP contribution < -0.4 is 5.32 Å². The number of likely N-dealkylation sites (tertiary alicyclic amines) is 1. The van der Waals surface area contributed by atoms with Crippen molar-refractivity contribution in [3.63, 3.8) is 0 Å². The van der Waals surface area contributed by atoms with E-state index in [4.69, 9.17) is 9.47 Å². The highest BCUT2D eigenvalue weighted by atomic mass is 16.6. The van der Waals surface area contributed by atoms with E-state index in [1.165, 1.54) is 17.1 Å². The van der Waals surface area contributed by atoms with Gasteiger partial charge in [-0.1, -0.05) is 32.2 Å². The maximum atomic E-state index is 12.0. The Morgan fingerprint density at radius 1 is 1.36 bits per heavy atom. The minimum absolute atomic E-state index is 0.00139. The lowest BCUT2D eigenvalue weighted by Crippen LogP contribution is -2.47. The zero-order valence-electron chi connectivity index (χ0n) is 12.9. The van der Waals surface area contributed by atoms with Crippen LogP contribution in [0.5, 0.6) is 0 Å². The molecule has 0 bridgehead atoms. The maximum absolute atomic E-state index is 12.0. The predicted octanol–water partition coefficient (Wildman–Crippen LogP) is 1.29. The van der Waals surface area contributed by atoms with Gasteiger partial charge in [-0.15, -0.1) is 0 Å². The fraction of sp³-hybridized carbons (Fsp3) is 0.600. The van der Waals surface area contributed by atoms with E-state index in [2.05, 4.69) is 18.5 Å². The molecule has 3 atom stereocenters. The minimum atomic E-state index is -0.891. The summed E-state index contributed by atoms with van der Waals surface area (Å²) in [6, 6.07) is -0.396. The first kappa shape index (κ1) is 18.0. The molecule has 0 spiro atoms. The summed E-state index contributed by atoms with van der Waals surface area (Å²) in [4.78, 5) is 24.8. The number of hydrogen-bond acceptors (Lipinski definition) is 5. The third kappa shape index (κ3) is 5.40. The molecular weight excluding hydrogens is 288 g/mol. The molecular formula is C15H24N2O5. The molecule has 1 aliphatic heterocycles. The van der Waals surface area contributed by atoms with Crippen molar-refractivity contribution >= 4 is 12.2 Å². The zero-order valence-corrected chi connectivity index (χ0v) is 12.9. The predicted molar refractivity (Wildman–Crippen MR) is 81.4 cm³/mol. The van der Waals surface area contributed by atoms with E-state index >= 15 is 0 Å². The van der Waals surface area contributed by atoms with Gasteiger partial charge in [-0.25, -0.2) is 9.59 Å². The van der Waals surface area contributed by atoms with Gasteiger partial charge < -0.3 is 24.8 Å². The van der Waals surface area contributed by atoms with Gasteiger partial charge in [-0.05, 0) is 12.3 Å². The van der Waals surface area contributed by atoms with Crippen LogP contribution in [-0.4, -0.2) is 60.6 Å². The Bertz CT molecular complexity index is 413. The average molecular weight is 312 g/mol. The zero-order chi connectivity index (χ0) is 16.5. The highest BCUT2D eigenvalue weighted by Crippen LogP contribution is 2.25. The van der Waals surface area contributed by atoms with Crippen LogP contribution in [-0.2, 0) is 9.47 Å². The van der Waals surface area contributed by atoms with Gasteiger partial charge in [0.25, 0.3) is 0 Å². The smallest absolute Gasteiger partial charge is 0.410 e. The van der Waals surface area contributed by atoms with Gasteiger partial charge in [0.05, 0.1) is 12.1 Å². The van der Waals surface area contributed by atoms with Gasteiger partial charge in [-0.3, -0.25) is 0 Å². The third-order valence-corrected chi connectivity index (χ3v) is 3.34. The van der Waals surface area contributed by atoms with Crippen LogP contribution in [0.4, 0.5) is 9.59 Å². The number of nitrogens with zero attached hydrogens (tertiary/aromatic N) is 1. The van der Waals surface area contributed by atoms with Gasteiger partial charge in [-0.2, -0.15) is 0 Å². The molecule has 3 unspecified atom stereocenters. The molecule has 0 radical (unpaired) electrons. The molecule has 7 nitrogen and oxygen atoms in total. The van der Waals surface area contributed by atoms with Crippen molar-refractivity contribution in [3.8, 4) is 0 Å². The Morgan fingerprint density at radius 3 is 2.64 bits per heavy atom. The fourth-order valence-corrected chi connectivity index (χ4v) is 2.38.